The van der Waals surface area contributed by atoms with Crippen molar-refractivity contribution in [3.63, 3.8) is 0 Å². The minimum absolute atomic E-state index is 0.119. The maximum atomic E-state index is 12.4. The fraction of sp³-hybridized carbons (Fsp3) is 0.158. The van der Waals surface area contributed by atoms with E-state index in [0.29, 0.717) is 18.0 Å². The van der Waals surface area contributed by atoms with Crippen molar-refractivity contribution in [2.75, 3.05) is 5.73 Å². The lowest BCUT2D eigenvalue weighted by Crippen LogP contribution is -2.06. The minimum atomic E-state index is 0.119. The molecule has 0 amide bonds. The molecule has 0 aliphatic carbocycles. The zero-order valence-electron chi connectivity index (χ0n) is 14.1. The van der Waals surface area contributed by atoms with Gasteiger partial charge in [-0.05, 0) is 30.7 Å². The van der Waals surface area contributed by atoms with E-state index in [1.54, 1.807) is 0 Å². The molecule has 4 rings (SSSR count). The van der Waals surface area contributed by atoms with Crippen molar-refractivity contribution in [3.05, 3.63) is 58.6 Å². The molecule has 26 heavy (non-hydrogen) atoms. The Kier molecular flexibility index (Phi) is 4.48. The van der Waals surface area contributed by atoms with Crippen LogP contribution in [0.15, 0.2) is 42.5 Å². The average Bonchev–Trinajstić information content (AvgIpc) is 3.20. The van der Waals surface area contributed by atoms with Crippen LogP contribution in [-0.4, -0.2) is 21.0 Å². The van der Waals surface area contributed by atoms with Gasteiger partial charge in [0.25, 0.3) is 0 Å². The van der Waals surface area contributed by atoms with Gasteiger partial charge in [0.2, 0.25) is 0 Å². The summed E-state index contributed by atoms with van der Waals surface area (Å²) < 4.78 is 1.01. The van der Waals surface area contributed by atoms with Gasteiger partial charge in [-0.15, -0.1) is 10.2 Å². The van der Waals surface area contributed by atoms with Gasteiger partial charge in [-0.25, -0.2) is 4.98 Å². The topological polar surface area (TPSA) is 81.8 Å². The number of carbonyl (C=O) groups excluding carboxylic acids is 1. The highest BCUT2D eigenvalue weighted by Crippen LogP contribution is 2.26. The highest BCUT2D eigenvalue weighted by molar-refractivity contribution is 7.22. The van der Waals surface area contributed by atoms with Gasteiger partial charge in [-0.3, -0.25) is 4.79 Å². The molecule has 7 heteroatoms. The predicted octanol–water partition coefficient (Wildman–Crippen LogP) is 4.06. The average molecular weight is 380 g/mol. The van der Waals surface area contributed by atoms with Crippen molar-refractivity contribution in [3.8, 4) is 10.6 Å². The SMILES string of the molecule is Cc1cccc(-c2nnc(CC(=O)Cc3ccc4nc(N)sc4c3)s2)c1. The third-order valence-electron chi connectivity index (χ3n) is 3.95. The zero-order chi connectivity index (χ0) is 18.1. The van der Waals surface area contributed by atoms with Crippen LogP contribution in [0, 0.1) is 6.92 Å². The Labute approximate surface area is 158 Å². The fourth-order valence-corrected chi connectivity index (χ4v) is 4.44. The van der Waals surface area contributed by atoms with Gasteiger partial charge >= 0.3 is 0 Å². The number of nitrogen functional groups attached to an aromatic ring is 1. The number of nitrogens with zero attached hydrogens (tertiary/aromatic N) is 3. The van der Waals surface area contributed by atoms with E-state index in [0.717, 1.165) is 31.4 Å². The molecule has 0 aliphatic heterocycles. The zero-order valence-corrected chi connectivity index (χ0v) is 15.7. The fourth-order valence-electron chi connectivity index (χ4n) is 2.78. The number of fused-ring (bicyclic) bond motifs is 1. The Hall–Kier alpha value is -2.64. The largest absolute Gasteiger partial charge is 0.375 e. The number of thiazole rings is 1. The summed E-state index contributed by atoms with van der Waals surface area (Å²) in [7, 11) is 0. The Balaban J connectivity index is 1.46. The quantitative estimate of drug-likeness (QED) is 0.565. The van der Waals surface area contributed by atoms with E-state index in [1.165, 1.54) is 28.2 Å². The lowest BCUT2D eigenvalue weighted by molar-refractivity contribution is -0.117. The van der Waals surface area contributed by atoms with E-state index < -0.39 is 0 Å². The van der Waals surface area contributed by atoms with Crippen molar-refractivity contribution in [1.29, 1.82) is 0 Å². The lowest BCUT2D eigenvalue weighted by atomic mass is 10.1. The first-order chi connectivity index (χ1) is 12.6. The summed E-state index contributed by atoms with van der Waals surface area (Å²) in [6, 6.07) is 13.9. The molecule has 0 fully saturated rings. The maximum absolute atomic E-state index is 12.4. The first-order valence-corrected chi connectivity index (χ1v) is 9.76. The summed E-state index contributed by atoms with van der Waals surface area (Å²) in [4.78, 5) is 16.7. The molecule has 2 aromatic heterocycles. The Morgan fingerprint density at radius 1 is 1.08 bits per heavy atom. The molecule has 2 heterocycles. The third kappa shape index (κ3) is 3.63. The molecule has 4 aromatic rings. The van der Waals surface area contributed by atoms with Crippen molar-refractivity contribution in [2.24, 2.45) is 0 Å². The second kappa shape index (κ2) is 6.93. The Morgan fingerprint density at radius 2 is 1.96 bits per heavy atom. The summed E-state index contributed by atoms with van der Waals surface area (Å²) in [5.41, 5.74) is 9.78. The first-order valence-electron chi connectivity index (χ1n) is 8.13. The number of ketones is 1. The van der Waals surface area contributed by atoms with Gasteiger partial charge < -0.3 is 5.73 Å². The highest BCUT2D eigenvalue weighted by Gasteiger charge is 2.12. The second-order valence-corrected chi connectivity index (χ2v) is 8.24. The van der Waals surface area contributed by atoms with Crippen LogP contribution in [-0.2, 0) is 17.6 Å². The van der Waals surface area contributed by atoms with Gasteiger partial charge in [-0.1, -0.05) is 52.5 Å². The van der Waals surface area contributed by atoms with Crippen molar-refractivity contribution in [2.45, 2.75) is 19.8 Å². The van der Waals surface area contributed by atoms with Crippen LogP contribution in [0.3, 0.4) is 0 Å². The molecular formula is C19H16N4OS2. The number of Topliss-reactive ketones (excluding diaryl/α,β-unsaturated/α-hetero) is 1. The van der Waals surface area contributed by atoms with Crippen LogP contribution in [0.2, 0.25) is 0 Å². The molecular weight excluding hydrogens is 364 g/mol. The molecule has 0 spiro atoms. The first kappa shape index (κ1) is 16.8. The smallest absolute Gasteiger partial charge is 0.181 e. The van der Waals surface area contributed by atoms with Crippen LogP contribution in [0.4, 0.5) is 5.13 Å². The molecule has 5 nitrogen and oxygen atoms in total. The summed E-state index contributed by atoms with van der Waals surface area (Å²) in [5.74, 6) is 0.119. The van der Waals surface area contributed by atoms with E-state index in [9.17, 15) is 4.79 Å². The van der Waals surface area contributed by atoms with Crippen LogP contribution < -0.4 is 5.73 Å². The van der Waals surface area contributed by atoms with Crippen molar-refractivity contribution >= 4 is 43.8 Å². The number of benzene rings is 2. The second-order valence-electron chi connectivity index (χ2n) is 6.12. The Bertz CT molecular complexity index is 1100. The number of rotatable bonds is 5. The van der Waals surface area contributed by atoms with Gasteiger partial charge in [0.15, 0.2) is 5.13 Å². The summed E-state index contributed by atoms with van der Waals surface area (Å²) in [6.45, 7) is 2.04. The predicted molar refractivity (Wildman–Crippen MR) is 107 cm³/mol. The number of aromatic nitrogens is 3. The molecule has 130 valence electrons. The van der Waals surface area contributed by atoms with Crippen molar-refractivity contribution < 1.29 is 4.79 Å². The molecule has 2 N–H and O–H groups in total. The number of hydrogen-bond donors (Lipinski definition) is 1. The van der Waals surface area contributed by atoms with Crippen LogP contribution >= 0.6 is 22.7 Å². The summed E-state index contributed by atoms with van der Waals surface area (Å²) in [5, 5.41) is 10.5. The molecule has 0 saturated carbocycles. The van der Waals surface area contributed by atoms with Gasteiger partial charge in [0.1, 0.15) is 15.8 Å². The minimum Gasteiger partial charge on any atom is -0.375 e. The maximum Gasteiger partial charge on any atom is 0.181 e. The van der Waals surface area contributed by atoms with Crippen LogP contribution in [0.1, 0.15) is 16.1 Å². The Morgan fingerprint density at radius 3 is 2.81 bits per heavy atom. The normalized spacial score (nSPS) is 11.1. The number of carbonyl (C=O) groups is 1. The third-order valence-corrected chi connectivity index (χ3v) is 5.77. The van der Waals surface area contributed by atoms with E-state index >= 15 is 0 Å². The monoisotopic (exact) mass is 380 g/mol. The highest BCUT2D eigenvalue weighted by atomic mass is 32.1. The number of aryl methyl sites for hydroxylation is 1. The van der Waals surface area contributed by atoms with Gasteiger partial charge in [-0.2, -0.15) is 0 Å². The van der Waals surface area contributed by atoms with Gasteiger partial charge in [0, 0.05) is 12.0 Å². The van der Waals surface area contributed by atoms with E-state index in [1.807, 2.05) is 43.3 Å². The standard InChI is InChI=1S/C19H16N4OS2/c1-11-3-2-4-13(7-11)18-23-22-17(26-18)10-14(24)8-12-5-6-15-16(9-12)25-19(20)21-15/h2-7,9H,8,10H2,1H3,(H2,20,21). The van der Waals surface area contributed by atoms with E-state index in [-0.39, 0.29) is 5.78 Å². The molecule has 0 saturated heterocycles. The summed E-state index contributed by atoms with van der Waals surface area (Å²) in [6.07, 6.45) is 0.666. The molecule has 0 radical (unpaired) electrons. The lowest BCUT2D eigenvalue weighted by Gasteiger charge is -1.99. The molecule has 0 unspecified atom stereocenters. The number of nitrogens with two attached hydrogens (primary N) is 1. The number of hydrogen-bond acceptors (Lipinski definition) is 7. The van der Waals surface area contributed by atoms with Crippen LogP contribution in [0.25, 0.3) is 20.8 Å². The van der Waals surface area contributed by atoms with E-state index in [4.69, 9.17) is 5.73 Å². The molecule has 0 bridgehead atoms. The molecule has 2 aromatic carbocycles. The van der Waals surface area contributed by atoms with E-state index in [2.05, 4.69) is 21.2 Å². The van der Waals surface area contributed by atoms with Crippen LogP contribution in [0.5, 0.6) is 0 Å². The molecule has 0 aliphatic rings. The molecule has 0 atom stereocenters. The van der Waals surface area contributed by atoms with Crippen molar-refractivity contribution in [1.82, 2.24) is 15.2 Å². The summed E-state index contributed by atoms with van der Waals surface area (Å²) >= 11 is 2.91. The van der Waals surface area contributed by atoms with Gasteiger partial charge in [0.05, 0.1) is 16.6 Å². The number of anilines is 1.